The number of hydrogen-bond donors (Lipinski definition) is 0. The fraction of sp³-hybridized carbons (Fsp3) is 0. The van der Waals surface area contributed by atoms with E-state index in [2.05, 4.69) is 161 Å². The van der Waals surface area contributed by atoms with Gasteiger partial charge < -0.3 is 13.9 Å². The van der Waals surface area contributed by atoms with Crippen LogP contribution in [0.1, 0.15) is 0 Å². The zero-order valence-electron chi connectivity index (χ0n) is 24.7. The SMILES string of the molecule is c1ccc(N(c2ccc(-n3c4ccccc4c4ccc5c6ccccc6oc5c43)cc2)c2ccc3sc4ccccc4c3c2)cc1. The van der Waals surface area contributed by atoms with Crippen LogP contribution in [-0.2, 0) is 0 Å². The fourth-order valence-corrected chi connectivity index (χ4v) is 8.21. The van der Waals surface area contributed by atoms with Crippen molar-refractivity contribution in [2.45, 2.75) is 0 Å². The number of benzene rings is 7. The van der Waals surface area contributed by atoms with Gasteiger partial charge in [-0.15, -0.1) is 11.3 Å². The molecule has 0 N–H and O–H groups in total. The van der Waals surface area contributed by atoms with Crippen LogP contribution in [0, 0.1) is 0 Å². The molecule has 4 heteroatoms. The molecular weight excluding hydrogens is 581 g/mol. The van der Waals surface area contributed by atoms with Crippen molar-refractivity contribution >= 4 is 92.3 Å². The number of furan rings is 1. The second kappa shape index (κ2) is 9.83. The highest BCUT2D eigenvalue weighted by atomic mass is 32.1. The van der Waals surface area contributed by atoms with Crippen LogP contribution in [0.2, 0.25) is 0 Å². The van der Waals surface area contributed by atoms with Gasteiger partial charge in [0.1, 0.15) is 5.58 Å². The van der Waals surface area contributed by atoms with Gasteiger partial charge in [-0.1, -0.05) is 78.9 Å². The number of nitrogens with zero attached hydrogens (tertiary/aromatic N) is 2. The topological polar surface area (TPSA) is 21.3 Å². The molecular formula is C42H26N2OS. The number of rotatable bonds is 4. The van der Waals surface area contributed by atoms with Crippen LogP contribution >= 0.6 is 11.3 Å². The predicted molar refractivity (Wildman–Crippen MR) is 196 cm³/mol. The Balaban J connectivity index is 1.18. The van der Waals surface area contributed by atoms with Crippen LogP contribution in [-0.4, -0.2) is 4.57 Å². The minimum atomic E-state index is 0.908. The van der Waals surface area contributed by atoms with E-state index in [-0.39, 0.29) is 0 Å². The molecule has 0 spiro atoms. The number of hydrogen-bond acceptors (Lipinski definition) is 3. The standard InChI is InChI=1S/C42H26N2OS/c1-2-10-27(11-3-1)43(30-22-25-40-36(26-30)33-14-6-9-17-39(33)46-40)28-18-20-29(21-19-28)44-37-15-7-4-12-31(37)34-23-24-35-32-13-5-8-16-38(32)45-42(35)41(34)44/h1-26H. The van der Waals surface area contributed by atoms with Gasteiger partial charge in [-0.2, -0.15) is 0 Å². The summed E-state index contributed by atoms with van der Waals surface area (Å²) in [5.74, 6) is 0. The monoisotopic (exact) mass is 606 g/mol. The molecule has 0 radical (unpaired) electrons. The molecule has 46 heavy (non-hydrogen) atoms. The maximum Gasteiger partial charge on any atom is 0.160 e. The first kappa shape index (κ1) is 25.5. The van der Waals surface area contributed by atoms with Crippen LogP contribution in [0.25, 0.3) is 69.6 Å². The van der Waals surface area contributed by atoms with Gasteiger partial charge in [0.25, 0.3) is 0 Å². The Morgan fingerprint density at radius 3 is 1.98 bits per heavy atom. The minimum absolute atomic E-state index is 0.908. The van der Waals surface area contributed by atoms with Crippen molar-refractivity contribution in [1.29, 1.82) is 0 Å². The van der Waals surface area contributed by atoms with Gasteiger partial charge in [0.2, 0.25) is 0 Å². The lowest BCUT2D eigenvalue weighted by molar-refractivity contribution is 0.671. The molecule has 0 atom stereocenters. The molecule has 10 aromatic rings. The first-order chi connectivity index (χ1) is 22.8. The number of aromatic nitrogens is 1. The third-order valence-electron chi connectivity index (χ3n) is 9.18. The molecule has 3 nitrogen and oxygen atoms in total. The average Bonchev–Trinajstić information content (AvgIpc) is 3.79. The molecule has 0 fully saturated rings. The highest BCUT2D eigenvalue weighted by Gasteiger charge is 2.20. The molecule has 10 rings (SSSR count). The Labute approximate surface area is 268 Å². The largest absolute Gasteiger partial charge is 0.454 e. The maximum absolute atomic E-state index is 6.57. The van der Waals surface area contributed by atoms with Crippen molar-refractivity contribution in [1.82, 2.24) is 4.57 Å². The summed E-state index contributed by atoms with van der Waals surface area (Å²) in [6.07, 6.45) is 0. The van der Waals surface area contributed by atoms with Crippen molar-refractivity contribution in [2.24, 2.45) is 0 Å². The molecule has 3 heterocycles. The molecule has 0 amide bonds. The lowest BCUT2D eigenvalue weighted by atomic mass is 10.1. The van der Waals surface area contributed by atoms with Gasteiger partial charge in [0.15, 0.2) is 5.58 Å². The summed E-state index contributed by atoms with van der Waals surface area (Å²) in [7, 11) is 0. The third-order valence-corrected chi connectivity index (χ3v) is 10.3. The molecule has 0 bridgehead atoms. The Hall–Kier alpha value is -5.84. The molecule has 7 aromatic carbocycles. The van der Waals surface area contributed by atoms with E-state index in [9.17, 15) is 0 Å². The van der Waals surface area contributed by atoms with E-state index in [1.54, 1.807) is 0 Å². The second-order valence-corrected chi connectivity index (χ2v) is 12.8. The fourth-order valence-electron chi connectivity index (χ4n) is 7.13. The van der Waals surface area contributed by atoms with E-state index in [0.29, 0.717) is 0 Å². The van der Waals surface area contributed by atoms with E-state index in [1.807, 2.05) is 17.4 Å². The number of thiophene rings is 1. The van der Waals surface area contributed by atoms with E-state index in [0.717, 1.165) is 55.7 Å². The molecule has 3 aromatic heterocycles. The highest BCUT2D eigenvalue weighted by molar-refractivity contribution is 7.25. The molecule has 0 aliphatic carbocycles. The summed E-state index contributed by atoms with van der Waals surface area (Å²) in [6, 6.07) is 56.5. The van der Waals surface area contributed by atoms with E-state index in [4.69, 9.17) is 4.42 Å². The van der Waals surface area contributed by atoms with Crippen LogP contribution in [0.15, 0.2) is 162 Å². The van der Waals surface area contributed by atoms with Gasteiger partial charge in [0.05, 0.1) is 11.0 Å². The Morgan fingerprint density at radius 2 is 1.11 bits per heavy atom. The maximum atomic E-state index is 6.57. The second-order valence-electron chi connectivity index (χ2n) is 11.8. The molecule has 0 aliphatic heterocycles. The predicted octanol–water partition coefficient (Wildman–Crippen LogP) is 12.5. The summed E-state index contributed by atoms with van der Waals surface area (Å²) in [6.45, 7) is 0. The molecule has 0 aliphatic rings. The van der Waals surface area contributed by atoms with Crippen molar-refractivity contribution in [3.63, 3.8) is 0 Å². The van der Waals surface area contributed by atoms with Gasteiger partial charge in [0, 0.05) is 64.5 Å². The van der Waals surface area contributed by atoms with Crippen molar-refractivity contribution in [3.8, 4) is 5.69 Å². The molecule has 0 saturated carbocycles. The lowest BCUT2D eigenvalue weighted by Crippen LogP contribution is -2.09. The summed E-state index contributed by atoms with van der Waals surface area (Å²) < 4.78 is 11.5. The van der Waals surface area contributed by atoms with Gasteiger partial charge in [-0.25, -0.2) is 0 Å². The zero-order chi connectivity index (χ0) is 30.2. The summed E-state index contributed by atoms with van der Waals surface area (Å²) in [5, 5.41) is 7.27. The zero-order valence-corrected chi connectivity index (χ0v) is 25.5. The smallest absolute Gasteiger partial charge is 0.160 e. The van der Waals surface area contributed by atoms with Crippen LogP contribution in [0.5, 0.6) is 0 Å². The molecule has 0 saturated heterocycles. The first-order valence-electron chi connectivity index (χ1n) is 15.5. The van der Waals surface area contributed by atoms with Crippen LogP contribution < -0.4 is 4.90 Å². The molecule has 216 valence electrons. The van der Waals surface area contributed by atoms with E-state index < -0.39 is 0 Å². The first-order valence-corrected chi connectivity index (χ1v) is 16.3. The quantitative estimate of drug-likeness (QED) is 0.199. The van der Waals surface area contributed by atoms with Crippen LogP contribution in [0.4, 0.5) is 17.1 Å². The van der Waals surface area contributed by atoms with Gasteiger partial charge in [-0.05, 0) is 78.9 Å². The molecule has 0 unspecified atom stereocenters. The van der Waals surface area contributed by atoms with Crippen LogP contribution in [0.3, 0.4) is 0 Å². The minimum Gasteiger partial charge on any atom is -0.454 e. The Morgan fingerprint density at radius 1 is 0.457 bits per heavy atom. The summed E-state index contributed by atoms with van der Waals surface area (Å²) in [5.41, 5.74) is 8.53. The normalized spacial score (nSPS) is 11.9. The Kier molecular flexibility index (Phi) is 5.45. The van der Waals surface area contributed by atoms with E-state index >= 15 is 0 Å². The number of fused-ring (bicyclic) bond motifs is 10. The Bertz CT molecular complexity index is 2750. The number of para-hydroxylation sites is 3. The summed E-state index contributed by atoms with van der Waals surface area (Å²) >= 11 is 1.85. The highest BCUT2D eigenvalue weighted by Crippen LogP contribution is 2.43. The van der Waals surface area contributed by atoms with Crippen molar-refractivity contribution in [3.05, 3.63) is 158 Å². The van der Waals surface area contributed by atoms with Crippen molar-refractivity contribution in [2.75, 3.05) is 4.90 Å². The van der Waals surface area contributed by atoms with Crippen molar-refractivity contribution < 1.29 is 4.42 Å². The number of anilines is 3. The third kappa shape index (κ3) is 3.71. The lowest BCUT2D eigenvalue weighted by Gasteiger charge is -2.26. The van der Waals surface area contributed by atoms with Gasteiger partial charge >= 0.3 is 0 Å². The average molecular weight is 607 g/mol. The summed E-state index contributed by atoms with van der Waals surface area (Å²) in [4.78, 5) is 2.35. The van der Waals surface area contributed by atoms with E-state index in [1.165, 1.54) is 30.9 Å². The van der Waals surface area contributed by atoms with Gasteiger partial charge in [-0.3, -0.25) is 0 Å².